The first-order valence-corrected chi connectivity index (χ1v) is 10.6. The quantitative estimate of drug-likeness (QED) is 0.424. The Morgan fingerprint density at radius 3 is 2.34 bits per heavy atom. The van der Waals surface area contributed by atoms with Crippen molar-refractivity contribution in [1.82, 2.24) is 5.32 Å². The molecule has 1 aromatic heterocycles. The van der Waals surface area contributed by atoms with E-state index in [1.807, 2.05) is 85.2 Å². The summed E-state index contributed by atoms with van der Waals surface area (Å²) >= 11 is 1.55. The maximum Gasteiger partial charge on any atom is 0.243 e. The topological polar surface area (TPSA) is 62.1 Å². The summed E-state index contributed by atoms with van der Waals surface area (Å²) in [6.45, 7) is 0.805. The number of amides is 2. The van der Waals surface area contributed by atoms with E-state index in [1.54, 1.807) is 11.8 Å². The van der Waals surface area contributed by atoms with Crippen molar-refractivity contribution in [3.8, 4) is 11.1 Å². The van der Waals surface area contributed by atoms with Gasteiger partial charge in [-0.1, -0.05) is 48.5 Å². The van der Waals surface area contributed by atoms with Gasteiger partial charge >= 0.3 is 0 Å². The molecule has 0 spiro atoms. The molecule has 0 radical (unpaired) electrons. The van der Waals surface area contributed by atoms with Gasteiger partial charge in [-0.3, -0.25) is 9.59 Å². The summed E-state index contributed by atoms with van der Waals surface area (Å²) in [5, 5.41) is 5.50. The number of nitrogens with zero attached hydrogens (tertiary/aromatic N) is 1. The van der Waals surface area contributed by atoms with Crippen molar-refractivity contribution < 1.29 is 14.2 Å². The average Bonchev–Trinajstić information content (AvgIpc) is 2.77. The van der Waals surface area contributed by atoms with Crippen molar-refractivity contribution in [1.29, 1.82) is 0 Å². The summed E-state index contributed by atoms with van der Waals surface area (Å²) in [6.07, 6.45) is 4.00. The largest absolute Gasteiger partial charge is 0.346 e. The van der Waals surface area contributed by atoms with Gasteiger partial charge in [-0.2, -0.15) is 0 Å². The minimum absolute atomic E-state index is 0.0393. The monoisotopic (exact) mass is 406 g/mol. The molecular formula is C23H24N3O2S+. The van der Waals surface area contributed by atoms with Gasteiger partial charge < -0.3 is 10.6 Å². The fourth-order valence-electron chi connectivity index (χ4n) is 2.76. The number of nitrogens with one attached hydrogen (secondary N) is 2. The summed E-state index contributed by atoms with van der Waals surface area (Å²) in [7, 11) is 0. The summed E-state index contributed by atoms with van der Waals surface area (Å²) in [4.78, 5) is 24.1. The van der Waals surface area contributed by atoms with Crippen molar-refractivity contribution in [2.45, 2.75) is 6.54 Å². The second-order valence-electron chi connectivity index (χ2n) is 6.44. The molecule has 3 rings (SSSR count). The number of thioether (sulfide) groups is 1. The van der Waals surface area contributed by atoms with Crippen LogP contribution in [0.4, 0.5) is 5.69 Å². The van der Waals surface area contributed by atoms with E-state index in [0.29, 0.717) is 11.4 Å². The van der Waals surface area contributed by atoms with Crippen LogP contribution in [0.3, 0.4) is 0 Å². The Bertz CT molecular complexity index is 933. The fraction of sp³-hybridized carbons (Fsp3) is 0.174. The lowest BCUT2D eigenvalue weighted by Crippen LogP contribution is -2.35. The van der Waals surface area contributed by atoms with Gasteiger partial charge in [0.15, 0.2) is 18.9 Å². The molecule has 5 nitrogen and oxygen atoms in total. The van der Waals surface area contributed by atoms with E-state index in [1.165, 1.54) is 0 Å². The zero-order valence-corrected chi connectivity index (χ0v) is 16.9. The molecule has 0 atom stereocenters. The third-order valence-corrected chi connectivity index (χ3v) is 5.14. The van der Waals surface area contributed by atoms with Gasteiger partial charge in [-0.25, -0.2) is 4.57 Å². The Balaban J connectivity index is 1.38. The van der Waals surface area contributed by atoms with E-state index in [2.05, 4.69) is 15.2 Å². The standard InChI is InChI=1S/C23H23N3O2S/c27-22(17-24-23(28)18-29-15-14-26-12-5-2-6-13-26)25-21-11-7-10-20(16-21)19-8-3-1-4-9-19/h1-13,16H,14-15,17-18H2,(H-,24,25,27,28)/p+1. The minimum atomic E-state index is -0.242. The molecule has 0 unspecified atom stereocenters. The van der Waals surface area contributed by atoms with E-state index in [0.717, 1.165) is 23.4 Å². The number of aryl methyl sites for hydroxylation is 1. The number of benzene rings is 2. The van der Waals surface area contributed by atoms with Crippen LogP contribution in [0.2, 0.25) is 0 Å². The molecule has 1 heterocycles. The molecule has 0 saturated carbocycles. The van der Waals surface area contributed by atoms with Crippen LogP contribution in [0.25, 0.3) is 11.1 Å². The smallest absolute Gasteiger partial charge is 0.243 e. The molecule has 6 heteroatoms. The molecule has 0 bridgehead atoms. The second-order valence-corrected chi connectivity index (χ2v) is 7.54. The highest BCUT2D eigenvalue weighted by Gasteiger charge is 2.08. The first kappa shape index (κ1) is 20.6. The molecular weight excluding hydrogens is 382 g/mol. The Morgan fingerprint density at radius 2 is 1.55 bits per heavy atom. The van der Waals surface area contributed by atoms with Gasteiger partial charge in [0.05, 0.1) is 18.1 Å². The van der Waals surface area contributed by atoms with Crippen LogP contribution in [0, 0.1) is 0 Å². The second kappa shape index (κ2) is 11.0. The van der Waals surface area contributed by atoms with Crippen molar-refractivity contribution in [2.24, 2.45) is 0 Å². The lowest BCUT2D eigenvalue weighted by Gasteiger charge is -2.09. The zero-order chi connectivity index (χ0) is 20.3. The van der Waals surface area contributed by atoms with E-state index in [-0.39, 0.29) is 18.4 Å². The molecule has 0 saturated heterocycles. The van der Waals surface area contributed by atoms with Crippen molar-refractivity contribution in [3.63, 3.8) is 0 Å². The number of anilines is 1. The van der Waals surface area contributed by atoms with Gasteiger partial charge in [0.1, 0.15) is 0 Å². The summed E-state index contributed by atoms with van der Waals surface area (Å²) in [5.74, 6) is 0.791. The minimum Gasteiger partial charge on any atom is -0.346 e. The van der Waals surface area contributed by atoms with E-state index in [9.17, 15) is 9.59 Å². The third kappa shape index (κ3) is 7.08. The van der Waals surface area contributed by atoms with Crippen molar-refractivity contribution >= 4 is 29.3 Å². The number of pyridine rings is 1. The molecule has 2 amide bonds. The number of carbonyl (C=O) groups excluding carboxylic acids is 2. The van der Waals surface area contributed by atoms with Crippen LogP contribution in [0.5, 0.6) is 0 Å². The maximum absolute atomic E-state index is 12.1. The van der Waals surface area contributed by atoms with E-state index >= 15 is 0 Å². The van der Waals surface area contributed by atoms with Gasteiger partial charge in [-0.15, -0.1) is 11.8 Å². The number of carbonyl (C=O) groups is 2. The Morgan fingerprint density at radius 1 is 0.828 bits per heavy atom. The maximum atomic E-state index is 12.1. The van der Waals surface area contributed by atoms with Gasteiger partial charge in [-0.05, 0) is 23.3 Å². The van der Waals surface area contributed by atoms with Gasteiger partial charge in [0, 0.05) is 17.8 Å². The number of rotatable bonds is 9. The molecule has 29 heavy (non-hydrogen) atoms. The highest BCUT2D eigenvalue weighted by Crippen LogP contribution is 2.22. The third-order valence-electron chi connectivity index (χ3n) is 4.20. The molecule has 0 fully saturated rings. The summed E-state index contributed by atoms with van der Waals surface area (Å²) < 4.78 is 2.07. The van der Waals surface area contributed by atoms with Crippen LogP contribution in [0.1, 0.15) is 0 Å². The number of hydrogen-bond acceptors (Lipinski definition) is 3. The highest BCUT2D eigenvalue weighted by molar-refractivity contribution is 7.99. The molecule has 0 aliphatic heterocycles. The Kier molecular flexibility index (Phi) is 7.83. The summed E-state index contributed by atoms with van der Waals surface area (Å²) in [5.41, 5.74) is 2.82. The van der Waals surface area contributed by atoms with E-state index < -0.39 is 0 Å². The lowest BCUT2D eigenvalue weighted by atomic mass is 10.1. The average molecular weight is 407 g/mol. The van der Waals surface area contributed by atoms with Crippen molar-refractivity contribution in [3.05, 3.63) is 85.2 Å². The molecule has 0 aliphatic carbocycles. The van der Waals surface area contributed by atoms with Crippen LogP contribution in [-0.4, -0.2) is 29.9 Å². The Hall–Kier alpha value is -3.12. The number of hydrogen-bond donors (Lipinski definition) is 2. The normalized spacial score (nSPS) is 10.3. The van der Waals surface area contributed by atoms with Gasteiger partial charge in [0.2, 0.25) is 11.8 Å². The number of aromatic nitrogens is 1. The molecule has 2 aromatic carbocycles. The predicted molar refractivity (Wildman–Crippen MR) is 117 cm³/mol. The molecule has 0 aliphatic rings. The van der Waals surface area contributed by atoms with Crippen molar-refractivity contribution in [2.75, 3.05) is 23.4 Å². The predicted octanol–water partition coefficient (Wildman–Crippen LogP) is 3.13. The zero-order valence-electron chi connectivity index (χ0n) is 16.1. The molecule has 148 valence electrons. The van der Waals surface area contributed by atoms with Crippen LogP contribution >= 0.6 is 11.8 Å². The lowest BCUT2D eigenvalue weighted by molar-refractivity contribution is -0.692. The van der Waals surface area contributed by atoms with E-state index in [4.69, 9.17) is 0 Å². The molecule has 3 aromatic rings. The highest BCUT2D eigenvalue weighted by atomic mass is 32.2. The molecule has 2 N–H and O–H groups in total. The fourth-order valence-corrected chi connectivity index (χ4v) is 3.53. The van der Waals surface area contributed by atoms with Crippen LogP contribution in [-0.2, 0) is 16.1 Å². The van der Waals surface area contributed by atoms with Crippen LogP contribution in [0.15, 0.2) is 85.2 Å². The first-order valence-electron chi connectivity index (χ1n) is 9.44. The Labute approximate surface area is 175 Å². The van der Waals surface area contributed by atoms with Crippen LogP contribution < -0.4 is 15.2 Å². The first-order chi connectivity index (χ1) is 14.2. The van der Waals surface area contributed by atoms with Gasteiger partial charge in [0.25, 0.3) is 0 Å². The summed E-state index contributed by atoms with van der Waals surface area (Å²) in [6, 6.07) is 23.6. The SMILES string of the molecule is O=C(CSCC[n+]1ccccc1)NCC(=O)Nc1cccc(-c2ccccc2)c1.